The van der Waals surface area contributed by atoms with Crippen molar-refractivity contribution in [2.75, 3.05) is 6.54 Å². The molecular formula is C10H13N5. The highest BCUT2D eigenvalue weighted by atomic mass is 15.3. The van der Waals surface area contributed by atoms with E-state index >= 15 is 0 Å². The Hall–Kier alpha value is -1.75. The van der Waals surface area contributed by atoms with Crippen molar-refractivity contribution >= 4 is 0 Å². The third kappa shape index (κ3) is 2.19. The molecule has 0 radical (unpaired) electrons. The molecule has 0 aromatic carbocycles. The minimum Gasteiger partial charge on any atom is -0.305 e. The lowest BCUT2D eigenvalue weighted by Crippen LogP contribution is -2.22. The quantitative estimate of drug-likeness (QED) is 0.774. The van der Waals surface area contributed by atoms with Gasteiger partial charge < -0.3 is 5.32 Å². The van der Waals surface area contributed by atoms with Crippen molar-refractivity contribution in [3.05, 3.63) is 42.0 Å². The highest BCUT2D eigenvalue weighted by molar-refractivity contribution is 5.22. The molecule has 2 rings (SSSR count). The van der Waals surface area contributed by atoms with Crippen LogP contribution in [0, 0.1) is 0 Å². The summed E-state index contributed by atoms with van der Waals surface area (Å²) in [5.41, 5.74) is 1.97. The van der Waals surface area contributed by atoms with Gasteiger partial charge in [0.1, 0.15) is 5.69 Å². The van der Waals surface area contributed by atoms with Gasteiger partial charge in [-0.3, -0.25) is 4.98 Å². The van der Waals surface area contributed by atoms with Crippen LogP contribution >= 0.6 is 0 Å². The SMILES string of the molecule is CCNC(c1cccnc1)c1cn[nH]n1. The molecule has 0 aliphatic rings. The molecule has 0 spiro atoms. The van der Waals surface area contributed by atoms with E-state index in [4.69, 9.17) is 0 Å². The van der Waals surface area contributed by atoms with Gasteiger partial charge in [-0.2, -0.15) is 15.4 Å². The fraction of sp³-hybridized carbons (Fsp3) is 0.300. The van der Waals surface area contributed by atoms with Gasteiger partial charge in [-0.05, 0) is 18.2 Å². The Morgan fingerprint density at radius 2 is 2.40 bits per heavy atom. The van der Waals surface area contributed by atoms with Crippen molar-refractivity contribution in [2.24, 2.45) is 0 Å². The number of hydrogen-bond donors (Lipinski definition) is 2. The first-order chi connectivity index (χ1) is 7.42. The standard InChI is InChI=1S/C10H13N5/c1-2-12-10(9-7-13-15-14-9)8-4-3-5-11-6-8/h3-7,10,12H,2H2,1H3,(H,13,14,15). The number of hydrogen-bond acceptors (Lipinski definition) is 4. The van der Waals surface area contributed by atoms with Gasteiger partial charge in [-0.1, -0.05) is 13.0 Å². The minimum absolute atomic E-state index is 0.0578. The molecule has 0 aliphatic heterocycles. The van der Waals surface area contributed by atoms with E-state index in [0.717, 1.165) is 17.8 Å². The fourth-order valence-electron chi connectivity index (χ4n) is 1.49. The number of aromatic amines is 1. The van der Waals surface area contributed by atoms with Crippen molar-refractivity contribution < 1.29 is 0 Å². The second-order valence-corrected chi connectivity index (χ2v) is 3.17. The van der Waals surface area contributed by atoms with Gasteiger partial charge in [0.05, 0.1) is 12.2 Å². The second kappa shape index (κ2) is 4.65. The van der Waals surface area contributed by atoms with Crippen LogP contribution < -0.4 is 5.32 Å². The Bertz CT molecular complexity index is 383. The average Bonchev–Trinajstić information content (AvgIpc) is 2.80. The third-order valence-corrected chi connectivity index (χ3v) is 2.16. The van der Waals surface area contributed by atoms with Crippen molar-refractivity contribution in [2.45, 2.75) is 13.0 Å². The molecule has 2 N–H and O–H groups in total. The molecule has 0 fully saturated rings. The maximum absolute atomic E-state index is 4.10. The molecule has 2 aromatic heterocycles. The highest BCUT2D eigenvalue weighted by Crippen LogP contribution is 2.17. The van der Waals surface area contributed by atoms with Crippen LogP contribution in [0.25, 0.3) is 0 Å². The molecule has 78 valence electrons. The molecule has 0 amide bonds. The van der Waals surface area contributed by atoms with Crippen LogP contribution in [0.5, 0.6) is 0 Å². The first kappa shape index (κ1) is 9.79. The Morgan fingerprint density at radius 1 is 1.47 bits per heavy atom. The van der Waals surface area contributed by atoms with Crippen molar-refractivity contribution in [3.8, 4) is 0 Å². The summed E-state index contributed by atoms with van der Waals surface area (Å²) >= 11 is 0. The number of nitrogens with one attached hydrogen (secondary N) is 2. The van der Waals surface area contributed by atoms with Gasteiger partial charge in [-0.15, -0.1) is 0 Å². The van der Waals surface area contributed by atoms with E-state index in [1.165, 1.54) is 0 Å². The Morgan fingerprint density at radius 3 is 3.00 bits per heavy atom. The fourth-order valence-corrected chi connectivity index (χ4v) is 1.49. The zero-order chi connectivity index (χ0) is 10.5. The average molecular weight is 203 g/mol. The molecular weight excluding hydrogens is 190 g/mol. The molecule has 0 saturated carbocycles. The molecule has 1 unspecified atom stereocenters. The van der Waals surface area contributed by atoms with Crippen LogP contribution in [0.3, 0.4) is 0 Å². The number of H-pyrrole nitrogens is 1. The molecule has 1 atom stereocenters. The highest BCUT2D eigenvalue weighted by Gasteiger charge is 2.14. The first-order valence-electron chi connectivity index (χ1n) is 4.90. The zero-order valence-electron chi connectivity index (χ0n) is 8.51. The van der Waals surface area contributed by atoms with Crippen molar-refractivity contribution in [1.82, 2.24) is 25.7 Å². The molecule has 15 heavy (non-hydrogen) atoms. The predicted molar refractivity (Wildman–Crippen MR) is 56.1 cm³/mol. The van der Waals surface area contributed by atoms with Gasteiger partial charge >= 0.3 is 0 Å². The summed E-state index contributed by atoms with van der Waals surface area (Å²) in [4.78, 5) is 4.10. The van der Waals surface area contributed by atoms with Crippen LogP contribution in [0.4, 0.5) is 0 Å². The van der Waals surface area contributed by atoms with Crippen LogP contribution in [0.15, 0.2) is 30.7 Å². The van der Waals surface area contributed by atoms with Crippen LogP contribution in [-0.2, 0) is 0 Å². The predicted octanol–water partition coefficient (Wildman–Crippen LogP) is 0.899. The maximum Gasteiger partial charge on any atom is 0.104 e. The summed E-state index contributed by atoms with van der Waals surface area (Å²) in [6.45, 7) is 2.93. The smallest absolute Gasteiger partial charge is 0.104 e. The monoisotopic (exact) mass is 203 g/mol. The van der Waals surface area contributed by atoms with Crippen LogP contribution in [0.2, 0.25) is 0 Å². The van der Waals surface area contributed by atoms with Gasteiger partial charge in [0.2, 0.25) is 0 Å². The normalized spacial score (nSPS) is 12.6. The van der Waals surface area contributed by atoms with Crippen LogP contribution in [0.1, 0.15) is 24.2 Å². The minimum atomic E-state index is 0.0578. The van der Waals surface area contributed by atoms with E-state index in [1.54, 1.807) is 12.4 Å². The lowest BCUT2D eigenvalue weighted by atomic mass is 10.1. The molecule has 5 heteroatoms. The largest absolute Gasteiger partial charge is 0.305 e. The summed E-state index contributed by atoms with van der Waals surface area (Å²) in [7, 11) is 0. The van der Waals surface area contributed by atoms with E-state index < -0.39 is 0 Å². The first-order valence-corrected chi connectivity index (χ1v) is 4.90. The second-order valence-electron chi connectivity index (χ2n) is 3.17. The lowest BCUT2D eigenvalue weighted by Gasteiger charge is -2.14. The molecule has 0 aliphatic carbocycles. The van der Waals surface area contributed by atoms with E-state index in [-0.39, 0.29) is 6.04 Å². The molecule has 0 saturated heterocycles. The Labute approximate surface area is 87.9 Å². The Balaban J connectivity index is 2.28. The van der Waals surface area contributed by atoms with Crippen molar-refractivity contribution in [3.63, 3.8) is 0 Å². The summed E-state index contributed by atoms with van der Waals surface area (Å²) in [5, 5.41) is 13.9. The maximum atomic E-state index is 4.10. The van der Waals surface area contributed by atoms with Gasteiger partial charge in [0.15, 0.2) is 0 Å². The summed E-state index contributed by atoms with van der Waals surface area (Å²) in [6.07, 6.45) is 5.32. The van der Waals surface area contributed by atoms with Gasteiger partial charge in [0, 0.05) is 12.4 Å². The zero-order valence-corrected chi connectivity index (χ0v) is 8.51. The third-order valence-electron chi connectivity index (χ3n) is 2.16. The number of nitrogens with zero attached hydrogens (tertiary/aromatic N) is 3. The van der Waals surface area contributed by atoms with Gasteiger partial charge in [0.25, 0.3) is 0 Å². The van der Waals surface area contributed by atoms with E-state index in [9.17, 15) is 0 Å². The van der Waals surface area contributed by atoms with E-state index in [0.29, 0.717) is 0 Å². The number of rotatable bonds is 4. The Kier molecular flexibility index (Phi) is 3.04. The molecule has 5 nitrogen and oxygen atoms in total. The summed E-state index contributed by atoms with van der Waals surface area (Å²) in [5.74, 6) is 0. The topological polar surface area (TPSA) is 66.5 Å². The van der Waals surface area contributed by atoms with Gasteiger partial charge in [-0.25, -0.2) is 0 Å². The van der Waals surface area contributed by atoms with E-state index in [1.807, 2.05) is 18.3 Å². The number of pyridine rings is 1. The molecule has 0 bridgehead atoms. The summed E-state index contributed by atoms with van der Waals surface area (Å²) < 4.78 is 0. The van der Waals surface area contributed by atoms with Crippen LogP contribution in [-0.4, -0.2) is 26.9 Å². The molecule has 2 aromatic rings. The lowest BCUT2D eigenvalue weighted by molar-refractivity contribution is 0.611. The van der Waals surface area contributed by atoms with E-state index in [2.05, 4.69) is 32.6 Å². The van der Waals surface area contributed by atoms with Crippen molar-refractivity contribution in [1.29, 1.82) is 0 Å². The summed E-state index contributed by atoms with van der Waals surface area (Å²) in [6, 6.07) is 4.00. The molecule has 2 heterocycles. The number of aromatic nitrogens is 4.